The van der Waals surface area contributed by atoms with E-state index in [1.54, 1.807) is 12.1 Å². The average molecular weight is 236 g/mol. The van der Waals surface area contributed by atoms with Crippen LogP contribution in [0.25, 0.3) is 11.4 Å². The molecule has 16 heavy (non-hydrogen) atoms. The number of rotatable bonds is 2. The van der Waals surface area contributed by atoms with Gasteiger partial charge in [0.2, 0.25) is 0 Å². The number of nitriles is 1. The van der Waals surface area contributed by atoms with Gasteiger partial charge in [-0.2, -0.15) is 5.26 Å². The second-order valence-corrected chi connectivity index (χ2v) is 3.56. The third-order valence-electron chi connectivity index (χ3n) is 2.08. The van der Waals surface area contributed by atoms with Gasteiger partial charge in [0, 0.05) is 5.56 Å². The summed E-state index contributed by atoms with van der Waals surface area (Å²) in [4.78, 5) is 6.93. The van der Waals surface area contributed by atoms with Crippen LogP contribution in [0.3, 0.4) is 0 Å². The predicted molar refractivity (Wildman–Crippen MR) is 58.3 cm³/mol. The van der Waals surface area contributed by atoms with Crippen LogP contribution in [-0.2, 0) is 6.42 Å². The Bertz CT molecular complexity index is 557. The number of nitrogens with zero attached hydrogens (tertiary/aromatic N) is 2. The Morgan fingerprint density at radius 1 is 1.50 bits per heavy atom. The van der Waals surface area contributed by atoms with E-state index in [0.717, 1.165) is 0 Å². The molecule has 0 amide bonds. The molecular weight excluding hydrogens is 229 g/mol. The standard InChI is InChI=1S/C11H7ClFN3/c12-10-9(4-5-14)15-11(16-10)7-2-1-3-8(13)6-7/h1-3,6H,4H2,(H,15,16). The molecule has 2 rings (SSSR count). The van der Waals surface area contributed by atoms with Gasteiger partial charge in [0.25, 0.3) is 0 Å². The Labute approximate surface area is 96.5 Å². The molecule has 0 saturated heterocycles. The number of benzene rings is 1. The number of aromatic nitrogens is 2. The highest BCUT2D eigenvalue weighted by molar-refractivity contribution is 6.30. The average Bonchev–Trinajstić information content (AvgIpc) is 2.61. The minimum absolute atomic E-state index is 0.154. The van der Waals surface area contributed by atoms with E-state index < -0.39 is 0 Å². The molecule has 0 radical (unpaired) electrons. The summed E-state index contributed by atoms with van der Waals surface area (Å²) in [6.07, 6.45) is 0.154. The summed E-state index contributed by atoms with van der Waals surface area (Å²) in [7, 11) is 0. The van der Waals surface area contributed by atoms with Gasteiger partial charge in [-0.1, -0.05) is 23.7 Å². The van der Waals surface area contributed by atoms with Crippen LogP contribution in [0, 0.1) is 17.1 Å². The number of hydrogen-bond donors (Lipinski definition) is 1. The van der Waals surface area contributed by atoms with Crippen molar-refractivity contribution in [3.05, 3.63) is 40.9 Å². The molecule has 5 heteroatoms. The molecule has 0 fully saturated rings. The predicted octanol–water partition coefficient (Wildman–Crippen LogP) is 2.94. The Hall–Kier alpha value is -1.86. The number of H-pyrrole nitrogens is 1. The number of nitrogens with one attached hydrogen (secondary N) is 1. The molecule has 0 bridgehead atoms. The van der Waals surface area contributed by atoms with Crippen molar-refractivity contribution >= 4 is 11.6 Å². The lowest BCUT2D eigenvalue weighted by Gasteiger charge is -1.95. The van der Waals surface area contributed by atoms with Gasteiger partial charge in [-0.3, -0.25) is 0 Å². The summed E-state index contributed by atoms with van der Waals surface area (Å²) in [5, 5.41) is 8.80. The molecule has 1 aromatic carbocycles. The van der Waals surface area contributed by atoms with Crippen molar-refractivity contribution in [3.8, 4) is 17.5 Å². The molecule has 0 unspecified atom stereocenters. The molecule has 1 aromatic heterocycles. The summed E-state index contributed by atoms with van der Waals surface area (Å²) < 4.78 is 13.0. The normalized spacial score (nSPS) is 10.1. The lowest BCUT2D eigenvalue weighted by atomic mass is 10.2. The zero-order chi connectivity index (χ0) is 11.5. The van der Waals surface area contributed by atoms with Gasteiger partial charge in [0.15, 0.2) is 5.15 Å². The van der Waals surface area contributed by atoms with Gasteiger partial charge in [0.05, 0.1) is 18.2 Å². The fourth-order valence-corrected chi connectivity index (χ4v) is 1.56. The van der Waals surface area contributed by atoms with E-state index in [-0.39, 0.29) is 17.4 Å². The molecule has 1 heterocycles. The van der Waals surface area contributed by atoms with Crippen LogP contribution < -0.4 is 0 Å². The molecule has 0 aliphatic rings. The molecule has 0 aliphatic heterocycles. The van der Waals surface area contributed by atoms with Crippen molar-refractivity contribution in [2.75, 3.05) is 0 Å². The van der Waals surface area contributed by atoms with E-state index in [1.165, 1.54) is 12.1 Å². The van der Waals surface area contributed by atoms with Crippen molar-refractivity contribution in [3.63, 3.8) is 0 Å². The number of hydrogen-bond acceptors (Lipinski definition) is 2. The van der Waals surface area contributed by atoms with Crippen LogP contribution >= 0.6 is 11.6 Å². The largest absolute Gasteiger partial charge is 0.340 e. The van der Waals surface area contributed by atoms with E-state index in [0.29, 0.717) is 17.1 Å². The minimum atomic E-state index is -0.341. The van der Waals surface area contributed by atoms with Crippen molar-refractivity contribution in [1.29, 1.82) is 5.26 Å². The zero-order valence-corrected chi connectivity index (χ0v) is 8.92. The summed E-state index contributed by atoms with van der Waals surface area (Å²) in [6.45, 7) is 0. The van der Waals surface area contributed by atoms with E-state index in [1.807, 2.05) is 6.07 Å². The maximum absolute atomic E-state index is 13.0. The molecule has 3 nitrogen and oxygen atoms in total. The van der Waals surface area contributed by atoms with E-state index in [4.69, 9.17) is 16.9 Å². The summed E-state index contributed by atoms with van der Waals surface area (Å²) >= 11 is 5.83. The first-order chi connectivity index (χ1) is 7.70. The molecule has 2 aromatic rings. The smallest absolute Gasteiger partial charge is 0.151 e. The van der Waals surface area contributed by atoms with Crippen molar-refractivity contribution < 1.29 is 4.39 Å². The molecule has 1 N–H and O–H groups in total. The topological polar surface area (TPSA) is 52.5 Å². The SMILES string of the molecule is N#CCc1[nH]c(-c2cccc(F)c2)nc1Cl. The van der Waals surface area contributed by atoms with Gasteiger partial charge in [0.1, 0.15) is 11.6 Å². The third-order valence-corrected chi connectivity index (χ3v) is 2.39. The Morgan fingerprint density at radius 3 is 3.00 bits per heavy atom. The van der Waals surface area contributed by atoms with Crippen molar-refractivity contribution in [2.45, 2.75) is 6.42 Å². The lowest BCUT2D eigenvalue weighted by molar-refractivity contribution is 0.628. The lowest BCUT2D eigenvalue weighted by Crippen LogP contribution is -1.84. The van der Waals surface area contributed by atoms with E-state index >= 15 is 0 Å². The van der Waals surface area contributed by atoms with Crippen molar-refractivity contribution in [2.24, 2.45) is 0 Å². The number of imidazole rings is 1. The quantitative estimate of drug-likeness (QED) is 0.870. The highest BCUT2D eigenvalue weighted by Crippen LogP contribution is 2.22. The number of aromatic amines is 1. The van der Waals surface area contributed by atoms with E-state index in [9.17, 15) is 4.39 Å². The van der Waals surface area contributed by atoms with Gasteiger partial charge in [-0.05, 0) is 12.1 Å². The summed E-state index contributed by atoms with van der Waals surface area (Å²) in [5.74, 6) is 0.126. The van der Waals surface area contributed by atoms with Gasteiger partial charge < -0.3 is 4.98 Å². The second-order valence-electron chi connectivity index (χ2n) is 3.20. The van der Waals surface area contributed by atoms with Crippen LogP contribution in [0.4, 0.5) is 4.39 Å². The minimum Gasteiger partial charge on any atom is -0.340 e. The van der Waals surface area contributed by atoms with Gasteiger partial charge in [-0.15, -0.1) is 0 Å². The Morgan fingerprint density at radius 2 is 2.31 bits per heavy atom. The summed E-state index contributed by atoms with van der Waals surface area (Å²) in [5.41, 5.74) is 1.15. The Kier molecular flexibility index (Phi) is 2.88. The fourth-order valence-electron chi connectivity index (χ4n) is 1.36. The fraction of sp³-hybridized carbons (Fsp3) is 0.0909. The second kappa shape index (κ2) is 4.33. The summed E-state index contributed by atoms with van der Waals surface area (Å²) in [6, 6.07) is 7.98. The number of halogens is 2. The molecule has 80 valence electrons. The Balaban J connectivity index is 2.42. The van der Waals surface area contributed by atoms with Crippen LogP contribution in [0.1, 0.15) is 5.69 Å². The molecule has 0 aliphatic carbocycles. The maximum atomic E-state index is 13.0. The zero-order valence-electron chi connectivity index (χ0n) is 8.17. The van der Waals surface area contributed by atoms with Crippen LogP contribution in [-0.4, -0.2) is 9.97 Å². The third kappa shape index (κ3) is 2.05. The van der Waals surface area contributed by atoms with Crippen LogP contribution in [0.15, 0.2) is 24.3 Å². The monoisotopic (exact) mass is 235 g/mol. The maximum Gasteiger partial charge on any atom is 0.151 e. The van der Waals surface area contributed by atoms with Gasteiger partial charge >= 0.3 is 0 Å². The first-order valence-corrected chi connectivity index (χ1v) is 4.96. The highest BCUT2D eigenvalue weighted by atomic mass is 35.5. The molecule has 0 atom stereocenters. The molecular formula is C11H7ClFN3. The van der Waals surface area contributed by atoms with Crippen LogP contribution in [0.5, 0.6) is 0 Å². The van der Waals surface area contributed by atoms with Crippen molar-refractivity contribution in [1.82, 2.24) is 9.97 Å². The molecule has 0 saturated carbocycles. The first kappa shape index (κ1) is 10.7. The van der Waals surface area contributed by atoms with Crippen LogP contribution in [0.2, 0.25) is 5.15 Å². The molecule has 0 spiro atoms. The first-order valence-electron chi connectivity index (χ1n) is 4.58. The van der Waals surface area contributed by atoms with Gasteiger partial charge in [-0.25, -0.2) is 9.37 Å². The highest BCUT2D eigenvalue weighted by Gasteiger charge is 2.09. The van der Waals surface area contributed by atoms with E-state index in [2.05, 4.69) is 9.97 Å².